The first kappa shape index (κ1) is 20.6. The monoisotopic (exact) mass is 400 g/mol. The fraction of sp³-hybridized carbons (Fsp3) is 0.364. The summed E-state index contributed by atoms with van der Waals surface area (Å²) in [6, 6.07) is 11.7. The lowest BCUT2D eigenvalue weighted by molar-refractivity contribution is -0.129. The zero-order valence-electron chi connectivity index (χ0n) is 16.6. The van der Waals surface area contributed by atoms with Crippen molar-refractivity contribution in [3.63, 3.8) is 0 Å². The highest BCUT2D eigenvalue weighted by Crippen LogP contribution is 2.27. The molecule has 1 N–H and O–H groups in total. The maximum absolute atomic E-state index is 13.0. The molecule has 1 heterocycles. The Morgan fingerprint density at radius 1 is 1.10 bits per heavy atom. The maximum atomic E-state index is 13.0. The van der Waals surface area contributed by atoms with Gasteiger partial charge in [0.05, 0.1) is 20.1 Å². The number of likely N-dealkylation sites (tertiary alicyclic amines) is 1. The number of ether oxygens (including phenoxy) is 2. The van der Waals surface area contributed by atoms with Crippen LogP contribution in [0.5, 0.6) is 11.5 Å². The number of methoxy groups -OCH3 is 2. The number of amides is 2. The predicted octanol–water partition coefficient (Wildman–Crippen LogP) is 2.55. The molecule has 6 nitrogen and oxygen atoms in total. The quantitative estimate of drug-likeness (QED) is 0.740. The minimum atomic E-state index is -0.367. The third-order valence-electron chi connectivity index (χ3n) is 5.03. The van der Waals surface area contributed by atoms with Gasteiger partial charge in [-0.15, -0.1) is 0 Å². The Morgan fingerprint density at radius 3 is 2.48 bits per heavy atom. The Hall–Kier alpha value is -3.09. The van der Waals surface area contributed by atoms with Crippen LogP contribution in [0, 0.1) is 11.7 Å². The largest absolute Gasteiger partial charge is 0.493 e. The minimum absolute atomic E-state index is 0.0608. The molecule has 1 aliphatic heterocycles. The van der Waals surface area contributed by atoms with Crippen molar-refractivity contribution in [1.29, 1.82) is 0 Å². The molecule has 0 saturated carbocycles. The summed E-state index contributed by atoms with van der Waals surface area (Å²) in [5.41, 5.74) is 1.86. The average molecular weight is 400 g/mol. The van der Waals surface area contributed by atoms with Crippen molar-refractivity contribution in [3.05, 3.63) is 59.4 Å². The minimum Gasteiger partial charge on any atom is -0.493 e. The second kappa shape index (κ2) is 9.41. The van der Waals surface area contributed by atoms with Crippen LogP contribution in [0.2, 0.25) is 0 Å². The standard InChI is InChI=1S/C22H25FN2O4/c1-28-19-8-5-15(11-20(19)29-2)9-10-24-22(27)17-12-21(26)25(14-17)13-16-3-6-18(23)7-4-16/h3-8,11,17H,9-10,12-14H2,1-2H3,(H,24,27)/t17-/m1/s1. The van der Waals surface area contributed by atoms with Crippen LogP contribution in [-0.2, 0) is 22.6 Å². The maximum Gasteiger partial charge on any atom is 0.225 e. The first-order valence-electron chi connectivity index (χ1n) is 9.51. The normalized spacial score (nSPS) is 16.0. The molecular formula is C22H25FN2O4. The van der Waals surface area contributed by atoms with E-state index < -0.39 is 0 Å². The van der Waals surface area contributed by atoms with E-state index in [1.807, 2.05) is 18.2 Å². The first-order valence-corrected chi connectivity index (χ1v) is 9.51. The SMILES string of the molecule is COc1ccc(CCNC(=O)[C@@H]2CC(=O)N(Cc3ccc(F)cc3)C2)cc1OC. The van der Waals surface area contributed by atoms with Gasteiger partial charge in [-0.1, -0.05) is 18.2 Å². The molecule has 0 aliphatic carbocycles. The Bertz CT molecular complexity index is 870. The number of hydrogen-bond acceptors (Lipinski definition) is 4. The molecule has 2 aromatic rings. The molecule has 2 amide bonds. The molecule has 2 aromatic carbocycles. The van der Waals surface area contributed by atoms with Crippen LogP contribution in [0.1, 0.15) is 17.5 Å². The molecule has 1 atom stereocenters. The third-order valence-corrected chi connectivity index (χ3v) is 5.03. The van der Waals surface area contributed by atoms with Crippen molar-refractivity contribution in [2.75, 3.05) is 27.3 Å². The highest BCUT2D eigenvalue weighted by Gasteiger charge is 2.34. The van der Waals surface area contributed by atoms with Crippen LogP contribution in [0.25, 0.3) is 0 Å². The van der Waals surface area contributed by atoms with Gasteiger partial charge in [0.1, 0.15) is 5.82 Å². The lowest BCUT2D eigenvalue weighted by Gasteiger charge is -2.17. The molecule has 1 fully saturated rings. The van der Waals surface area contributed by atoms with Crippen molar-refractivity contribution in [2.24, 2.45) is 5.92 Å². The zero-order valence-corrected chi connectivity index (χ0v) is 16.6. The van der Waals surface area contributed by atoms with Gasteiger partial charge in [-0.05, 0) is 41.8 Å². The number of carbonyl (C=O) groups is 2. The number of carbonyl (C=O) groups excluding carboxylic acids is 2. The van der Waals surface area contributed by atoms with Gasteiger partial charge in [-0.25, -0.2) is 4.39 Å². The highest BCUT2D eigenvalue weighted by molar-refractivity contribution is 5.89. The highest BCUT2D eigenvalue weighted by atomic mass is 19.1. The molecule has 3 rings (SSSR count). The summed E-state index contributed by atoms with van der Waals surface area (Å²) in [5, 5.41) is 2.91. The molecule has 1 saturated heterocycles. The average Bonchev–Trinajstić information content (AvgIpc) is 3.10. The van der Waals surface area contributed by atoms with Gasteiger partial charge in [0.15, 0.2) is 11.5 Å². The Kier molecular flexibility index (Phi) is 6.69. The summed E-state index contributed by atoms with van der Waals surface area (Å²) in [4.78, 5) is 26.3. The van der Waals surface area contributed by atoms with E-state index in [9.17, 15) is 14.0 Å². The topological polar surface area (TPSA) is 67.9 Å². The van der Waals surface area contributed by atoms with Crippen molar-refractivity contribution in [2.45, 2.75) is 19.4 Å². The van der Waals surface area contributed by atoms with Crippen molar-refractivity contribution in [1.82, 2.24) is 10.2 Å². The molecule has 29 heavy (non-hydrogen) atoms. The van der Waals surface area contributed by atoms with Gasteiger partial charge in [0.25, 0.3) is 0 Å². The number of halogens is 1. The molecular weight excluding hydrogens is 375 g/mol. The van der Waals surface area contributed by atoms with Crippen LogP contribution >= 0.6 is 0 Å². The van der Waals surface area contributed by atoms with Gasteiger partial charge in [-0.3, -0.25) is 9.59 Å². The molecule has 0 spiro atoms. The van der Waals surface area contributed by atoms with E-state index in [2.05, 4.69) is 5.32 Å². The van der Waals surface area contributed by atoms with E-state index in [1.165, 1.54) is 12.1 Å². The predicted molar refractivity (Wildman–Crippen MR) is 106 cm³/mol. The molecule has 0 bridgehead atoms. The van der Waals surface area contributed by atoms with E-state index in [1.54, 1.807) is 31.3 Å². The van der Waals surface area contributed by atoms with E-state index >= 15 is 0 Å². The summed E-state index contributed by atoms with van der Waals surface area (Å²) in [6.45, 7) is 1.23. The zero-order chi connectivity index (χ0) is 20.8. The smallest absolute Gasteiger partial charge is 0.225 e. The van der Waals surface area contributed by atoms with E-state index in [0.717, 1.165) is 11.1 Å². The summed E-state index contributed by atoms with van der Waals surface area (Å²) in [5.74, 6) is 0.441. The summed E-state index contributed by atoms with van der Waals surface area (Å²) in [7, 11) is 3.16. The summed E-state index contributed by atoms with van der Waals surface area (Å²) >= 11 is 0. The number of nitrogens with zero attached hydrogens (tertiary/aromatic N) is 1. The van der Waals surface area contributed by atoms with E-state index in [4.69, 9.17) is 9.47 Å². The van der Waals surface area contributed by atoms with Crippen molar-refractivity contribution < 1.29 is 23.5 Å². The summed E-state index contributed by atoms with van der Waals surface area (Å²) < 4.78 is 23.5. The number of rotatable bonds is 8. The van der Waals surface area contributed by atoms with Crippen molar-refractivity contribution >= 4 is 11.8 Å². The van der Waals surface area contributed by atoms with Crippen LogP contribution in [-0.4, -0.2) is 44.0 Å². The molecule has 0 aromatic heterocycles. The molecule has 0 radical (unpaired) electrons. The second-order valence-electron chi connectivity index (χ2n) is 7.03. The molecule has 154 valence electrons. The van der Waals surface area contributed by atoms with Crippen molar-refractivity contribution in [3.8, 4) is 11.5 Å². The van der Waals surface area contributed by atoms with Gasteiger partial charge in [0.2, 0.25) is 11.8 Å². The van der Waals surface area contributed by atoms with Crippen LogP contribution in [0.3, 0.4) is 0 Å². The van der Waals surface area contributed by atoms with Gasteiger partial charge in [0, 0.05) is 26.1 Å². The molecule has 0 unspecified atom stereocenters. The van der Waals surface area contributed by atoms with E-state index in [0.29, 0.717) is 37.6 Å². The first-order chi connectivity index (χ1) is 14.0. The summed E-state index contributed by atoms with van der Waals surface area (Å²) in [6.07, 6.45) is 0.843. The van der Waals surface area contributed by atoms with Gasteiger partial charge >= 0.3 is 0 Å². The Morgan fingerprint density at radius 2 is 1.79 bits per heavy atom. The third kappa shape index (κ3) is 5.25. The molecule has 7 heteroatoms. The van der Waals surface area contributed by atoms with Crippen LogP contribution < -0.4 is 14.8 Å². The molecule has 1 aliphatic rings. The fourth-order valence-corrected chi connectivity index (χ4v) is 3.42. The number of hydrogen-bond donors (Lipinski definition) is 1. The fourth-order valence-electron chi connectivity index (χ4n) is 3.42. The van der Waals surface area contributed by atoms with Crippen LogP contribution in [0.15, 0.2) is 42.5 Å². The number of nitrogens with one attached hydrogen (secondary N) is 1. The van der Waals surface area contributed by atoms with Gasteiger partial charge in [-0.2, -0.15) is 0 Å². The second-order valence-corrected chi connectivity index (χ2v) is 7.03. The van der Waals surface area contributed by atoms with E-state index in [-0.39, 0.29) is 30.0 Å². The lowest BCUT2D eigenvalue weighted by Crippen LogP contribution is -2.34. The van der Waals surface area contributed by atoms with Crippen LogP contribution in [0.4, 0.5) is 4.39 Å². The number of benzene rings is 2. The Labute approximate surface area is 169 Å². The lowest BCUT2D eigenvalue weighted by atomic mass is 10.1. The Balaban J connectivity index is 1.48. The van der Waals surface area contributed by atoms with Gasteiger partial charge < -0.3 is 19.7 Å².